The molecule has 0 saturated carbocycles. The van der Waals surface area contributed by atoms with Gasteiger partial charge in [-0.2, -0.15) is 4.37 Å². The van der Waals surface area contributed by atoms with Crippen LogP contribution in [0.25, 0.3) is 0 Å². The van der Waals surface area contributed by atoms with E-state index in [2.05, 4.69) is 14.7 Å². The zero-order chi connectivity index (χ0) is 12.4. The highest BCUT2D eigenvalue weighted by Gasteiger charge is 2.07. The minimum atomic E-state index is -0.499. The molecule has 1 aromatic carbocycles. The molecule has 1 heterocycles. The molecule has 0 unspecified atom stereocenters. The monoisotopic (exact) mass is 249 g/mol. The average molecular weight is 249 g/mol. The highest BCUT2D eigenvalue weighted by atomic mass is 32.1. The van der Waals surface area contributed by atoms with Gasteiger partial charge in [-0.3, -0.25) is 4.79 Å². The number of nitrogen functional groups attached to an aromatic ring is 1. The first-order valence-corrected chi connectivity index (χ1v) is 5.60. The maximum Gasteiger partial charge on any atom is 0.248 e. The Morgan fingerprint density at radius 1 is 1.47 bits per heavy atom. The van der Waals surface area contributed by atoms with Gasteiger partial charge in [-0.05, 0) is 25.1 Å². The van der Waals surface area contributed by atoms with Gasteiger partial charge >= 0.3 is 0 Å². The van der Waals surface area contributed by atoms with E-state index < -0.39 is 5.91 Å². The minimum Gasteiger partial charge on any atom is -0.397 e. The van der Waals surface area contributed by atoms with Gasteiger partial charge in [0, 0.05) is 17.1 Å². The molecule has 1 amide bonds. The number of nitrogens with zero attached hydrogens (tertiary/aromatic N) is 2. The smallest absolute Gasteiger partial charge is 0.248 e. The first-order valence-electron chi connectivity index (χ1n) is 4.83. The molecule has 2 rings (SSSR count). The molecule has 0 atom stereocenters. The quantitative estimate of drug-likeness (QED) is 0.710. The fraction of sp³-hybridized carbons (Fsp3) is 0.100. The van der Waals surface area contributed by atoms with Crippen LogP contribution in [0.15, 0.2) is 18.2 Å². The number of amides is 1. The molecule has 5 N–H and O–H groups in total. The van der Waals surface area contributed by atoms with Gasteiger partial charge in [-0.1, -0.05) is 0 Å². The molecule has 0 radical (unpaired) electrons. The van der Waals surface area contributed by atoms with Gasteiger partial charge in [-0.15, -0.1) is 0 Å². The molecule has 88 valence electrons. The summed E-state index contributed by atoms with van der Waals surface area (Å²) < 4.78 is 4.04. The summed E-state index contributed by atoms with van der Waals surface area (Å²) in [5.74, 6) is 0.184. The number of hydrogen-bond donors (Lipinski definition) is 3. The Bertz CT molecular complexity index is 566. The van der Waals surface area contributed by atoms with E-state index in [-0.39, 0.29) is 0 Å². The molecule has 1 aromatic heterocycles. The molecule has 2 aromatic rings. The van der Waals surface area contributed by atoms with Crippen molar-refractivity contribution in [3.8, 4) is 0 Å². The molecule has 0 bridgehead atoms. The number of hydrogen-bond acceptors (Lipinski definition) is 6. The van der Waals surface area contributed by atoms with Gasteiger partial charge in [-0.25, -0.2) is 4.98 Å². The van der Waals surface area contributed by atoms with Crippen LogP contribution in [0.5, 0.6) is 0 Å². The number of nitrogens with two attached hydrogens (primary N) is 2. The van der Waals surface area contributed by atoms with E-state index in [1.165, 1.54) is 11.5 Å². The lowest BCUT2D eigenvalue weighted by atomic mass is 10.1. The number of aryl methyl sites for hydroxylation is 1. The lowest BCUT2D eigenvalue weighted by Crippen LogP contribution is -2.11. The van der Waals surface area contributed by atoms with Gasteiger partial charge in [0.2, 0.25) is 11.0 Å². The summed E-state index contributed by atoms with van der Waals surface area (Å²) in [6.45, 7) is 1.80. The molecular formula is C10H11N5OS. The topological polar surface area (TPSA) is 107 Å². The molecule has 0 fully saturated rings. The predicted octanol–water partition coefficient (Wildman–Crippen LogP) is 1.27. The summed E-state index contributed by atoms with van der Waals surface area (Å²) in [7, 11) is 0. The van der Waals surface area contributed by atoms with Crippen LogP contribution in [-0.4, -0.2) is 15.3 Å². The normalized spacial score (nSPS) is 10.2. The summed E-state index contributed by atoms with van der Waals surface area (Å²) in [6.07, 6.45) is 0. The van der Waals surface area contributed by atoms with E-state index in [0.29, 0.717) is 27.9 Å². The van der Waals surface area contributed by atoms with E-state index in [9.17, 15) is 4.79 Å². The van der Waals surface area contributed by atoms with Crippen molar-refractivity contribution in [2.75, 3.05) is 11.1 Å². The van der Waals surface area contributed by atoms with Crippen LogP contribution in [0.4, 0.5) is 16.5 Å². The van der Waals surface area contributed by atoms with Crippen molar-refractivity contribution in [1.29, 1.82) is 0 Å². The van der Waals surface area contributed by atoms with Crippen molar-refractivity contribution in [2.45, 2.75) is 6.92 Å². The summed E-state index contributed by atoms with van der Waals surface area (Å²) in [5, 5.41) is 3.62. The first kappa shape index (κ1) is 11.3. The molecule has 0 saturated heterocycles. The van der Waals surface area contributed by atoms with Crippen LogP contribution in [0.2, 0.25) is 0 Å². The summed E-state index contributed by atoms with van der Waals surface area (Å²) >= 11 is 1.22. The largest absolute Gasteiger partial charge is 0.397 e. The van der Waals surface area contributed by atoms with Crippen molar-refractivity contribution >= 4 is 33.9 Å². The maximum absolute atomic E-state index is 11.0. The standard InChI is InChI=1S/C10H11N5OS/c1-5-13-10(17-15-5)14-8-4-6(9(12)16)2-3-7(8)11/h2-4H,11H2,1H3,(H2,12,16)(H,13,14,15). The third-order valence-corrected chi connectivity index (χ3v) is 2.83. The van der Waals surface area contributed by atoms with Crippen LogP contribution < -0.4 is 16.8 Å². The van der Waals surface area contributed by atoms with Crippen LogP contribution >= 0.6 is 11.5 Å². The Hall–Kier alpha value is -2.15. The third-order valence-electron chi connectivity index (χ3n) is 2.11. The van der Waals surface area contributed by atoms with Gasteiger partial charge in [0.05, 0.1) is 11.4 Å². The van der Waals surface area contributed by atoms with E-state index in [4.69, 9.17) is 11.5 Å². The number of carbonyl (C=O) groups is 1. The Morgan fingerprint density at radius 2 is 2.24 bits per heavy atom. The molecular weight excluding hydrogens is 238 g/mol. The number of rotatable bonds is 3. The van der Waals surface area contributed by atoms with Crippen molar-refractivity contribution in [2.24, 2.45) is 5.73 Å². The molecule has 0 aliphatic carbocycles. The van der Waals surface area contributed by atoms with Gasteiger partial charge < -0.3 is 16.8 Å². The maximum atomic E-state index is 11.0. The Kier molecular flexibility index (Phi) is 2.92. The molecule has 7 heteroatoms. The lowest BCUT2D eigenvalue weighted by Gasteiger charge is -2.07. The zero-order valence-electron chi connectivity index (χ0n) is 9.10. The van der Waals surface area contributed by atoms with E-state index >= 15 is 0 Å². The second-order valence-electron chi connectivity index (χ2n) is 3.44. The van der Waals surface area contributed by atoms with Crippen LogP contribution in [0.3, 0.4) is 0 Å². The summed E-state index contributed by atoms with van der Waals surface area (Å²) in [5.41, 5.74) is 12.5. The van der Waals surface area contributed by atoms with Crippen LogP contribution in [0, 0.1) is 6.92 Å². The number of benzene rings is 1. The van der Waals surface area contributed by atoms with E-state index in [0.717, 1.165) is 0 Å². The van der Waals surface area contributed by atoms with Crippen LogP contribution in [-0.2, 0) is 0 Å². The van der Waals surface area contributed by atoms with Crippen molar-refractivity contribution < 1.29 is 4.79 Å². The number of nitrogens with one attached hydrogen (secondary N) is 1. The number of primary amides is 1. The minimum absolute atomic E-state index is 0.392. The Morgan fingerprint density at radius 3 is 2.82 bits per heavy atom. The zero-order valence-corrected chi connectivity index (χ0v) is 9.91. The Labute approximate surface area is 102 Å². The second-order valence-corrected chi connectivity index (χ2v) is 4.19. The van der Waals surface area contributed by atoms with Crippen molar-refractivity contribution in [1.82, 2.24) is 9.36 Å². The first-order chi connectivity index (χ1) is 8.06. The van der Waals surface area contributed by atoms with Crippen LogP contribution in [0.1, 0.15) is 16.2 Å². The summed E-state index contributed by atoms with van der Waals surface area (Å²) in [4.78, 5) is 15.2. The molecule has 17 heavy (non-hydrogen) atoms. The molecule has 0 aliphatic heterocycles. The van der Waals surface area contributed by atoms with E-state index in [1.54, 1.807) is 25.1 Å². The highest BCUT2D eigenvalue weighted by molar-refractivity contribution is 7.09. The number of aromatic nitrogens is 2. The second kappa shape index (κ2) is 4.38. The lowest BCUT2D eigenvalue weighted by molar-refractivity contribution is 0.100. The average Bonchev–Trinajstić information content (AvgIpc) is 2.67. The summed E-state index contributed by atoms with van der Waals surface area (Å²) in [6, 6.07) is 4.79. The molecule has 0 spiro atoms. The molecule has 0 aliphatic rings. The fourth-order valence-electron chi connectivity index (χ4n) is 1.28. The van der Waals surface area contributed by atoms with Gasteiger partial charge in [0.25, 0.3) is 0 Å². The van der Waals surface area contributed by atoms with E-state index in [1.807, 2.05) is 0 Å². The van der Waals surface area contributed by atoms with Crippen molar-refractivity contribution in [3.63, 3.8) is 0 Å². The SMILES string of the molecule is Cc1nsc(Nc2cc(C(N)=O)ccc2N)n1. The highest BCUT2D eigenvalue weighted by Crippen LogP contribution is 2.25. The van der Waals surface area contributed by atoms with Gasteiger partial charge in [0.15, 0.2) is 0 Å². The Balaban J connectivity index is 2.31. The third kappa shape index (κ3) is 2.51. The number of anilines is 3. The molecule has 6 nitrogen and oxygen atoms in total. The van der Waals surface area contributed by atoms with Crippen molar-refractivity contribution in [3.05, 3.63) is 29.6 Å². The predicted molar refractivity (Wildman–Crippen MR) is 67.3 cm³/mol. The fourth-order valence-corrected chi connectivity index (χ4v) is 1.87. The number of carbonyl (C=O) groups excluding carboxylic acids is 1. The van der Waals surface area contributed by atoms with Gasteiger partial charge in [0.1, 0.15) is 5.82 Å².